The van der Waals surface area contributed by atoms with Gasteiger partial charge in [-0.25, -0.2) is 4.79 Å². The van der Waals surface area contributed by atoms with Crippen LogP contribution in [0.25, 0.3) is 0 Å². The Morgan fingerprint density at radius 1 is 1.22 bits per heavy atom. The average Bonchev–Trinajstić information content (AvgIpc) is 2.51. The zero-order valence-electron chi connectivity index (χ0n) is 14.9. The number of methoxy groups -OCH3 is 1. The number of benzene rings is 1. The monoisotopic (exact) mass is 322 g/mol. The highest BCUT2D eigenvalue weighted by molar-refractivity contribution is 5.75. The molecular weight excluding hydrogens is 292 g/mol. The maximum atomic E-state index is 12.1. The fourth-order valence-electron chi connectivity index (χ4n) is 2.40. The summed E-state index contributed by atoms with van der Waals surface area (Å²) >= 11 is 0. The number of urea groups is 1. The van der Waals surface area contributed by atoms with Gasteiger partial charge in [0.15, 0.2) is 0 Å². The van der Waals surface area contributed by atoms with Crippen molar-refractivity contribution in [3.8, 4) is 5.75 Å². The number of carbonyl (C=O) groups is 1. The molecule has 3 N–H and O–H groups in total. The highest BCUT2D eigenvalue weighted by Crippen LogP contribution is 2.29. The molecule has 130 valence electrons. The van der Waals surface area contributed by atoms with Crippen molar-refractivity contribution >= 4 is 6.03 Å². The van der Waals surface area contributed by atoms with Crippen LogP contribution in [0.1, 0.15) is 46.1 Å². The van der Waals surface area contributed by atoms with Gasteiger partial charge in [0.1, 0.15) is 5.75 Å². The first-order valence-corrected chi connectivity index (χ1v) is 8.02. The van der Waals surface area contributed by atoms with Gasteiger partial charge in [-0.1, -0.05) is 32.0 Å². The molecule has 0 radical (unpaired) electrons. The molecule has 1 aromatic carbocycles. The Morgan fingerprint density at radius 2 is 1.87 bits per heavy atom. The predicted molar refractivity (Wildman–Crippen MR) is 92.7 cm³/mol. The zero-order valence-corrected chi connectivity index (χ0v) is 14.9. The largest absolute Gasteiger partial charge is 0.496 e. The quantitative estimate of drug-likeness (QED) is 0.644. The molecule has 0 fully saturated rings. The van der Waals surface area contributed by atoms with Crippen LogP contribution in [0.5, 0.6) is 5.75 Å². The topological polar surface area (TPSA) is 70.6 Å². The van der Waals surface area contributed by atoms with Gasteiger partial charge < -0.3 is 20.5 Å². The van der Waals surface area contributed by atoms with E-state index in [9.17, 15) is 9.90 Å². The van der Waals surface area contributed by atoms with E-state index in [0.29, 0.717) is 6.54 Å². The molecule has 0 aliphatic heterocycles. The molecule has 2 amide bonds. The van der Waals surface area contributed by atoms with Crippen LogP contribution in [0.3, 0.4) is 0 Å². The number of aliphatic hydroxyl groups excluding tert-OH is 1. The van der Waals surface area contributed by atoms with Crippen molar-refractivity contribution in [1.82, 2.24) is 10.6 Å². The van der Waals surface area contributed by atoms with Crippen LogP contribution in [0.2, 0.25) is 0 Å². The lowest BCUT2D eigenvalue weighted by Crippen LogP contribution is -2.46. The third-order valence-corrected chi connectivity index (χ3v) is 3.95. The van der Waals surface area contributed by atoms with Crippen LogP contribution >= 0.6 is 0 Å². The van der Waals surface area contributed by atoms with Crippen molar-refractivity contribution in [3.63, 3.8) is 0 Å². The summed E-state index contributed by atoms with van der Waals surface area (Å²) in [6, 6.07) is 7.45. The third-order valence-electron chi connectivity index (χ3n) is 3.95. The summed E-state index contributed by atoms with van der Waals surface area (Å²) in [5.74, 6) is 0.752. The lowest BCUT2D eigenvalue weighted by atomic mass is 9.89. The van der Waals surface area contributed by atoms with Crippen molar-refractivity contribution in [3.05, 3.63) is 29.8 Å². The number of para-hydroxylation sites is 1. The summed E-state index contributed by atoms with van der Waals surface area (Å²) in [6.07, 6.45) is 1.69. The van der Waals surface area contributed by atoms with Crippen LogP contribution in [-0.4, -0.2) is 31.4 Å². The van der Waals surface area contributed by atoms with E-state index in [-0.39, 0.29) is 18.1 Å². The highest BCUT2D eigenvalue weighted by atomic mass is 16.5. The Morgan fingerprint density at radius 3 is 2.48 bits per heavy atom. The minimum atomic E-state index is -0.541. The molecule has 0 spiro atoms. The minimum Gasteiger partial charge on any atom is -0.496 e. The standard InChI is InChI=1S/C18H30N2O3/c1-17(2,13-21)11-8-12-19-16(22)20-18(3,4)14-9-6-7-10-15(14)23-5/h6-7,9-10,21H,8,11-13H2,1-5H3,(H2,19,20,22). The van der Waals surface area contributed by atoms with Crippen molar-refractivity contribution < 1.29 is 14.6 Å². The Labute approximate surface area is 139 Å². The Balaban J connectivity index is 2.52. The molecule has 5 nitrogen and oxygen atoms in total. The molecule has 0 saturated heterocycles. The number of aliphatic hydroxyl groups is 1. The number of hydrogen-bond donors (Lipinski definition) is 3. The predicted octanol–water partition coefficient (Wildman–Crippen LogP) is 3.03. The van der Waals surface area contributed by atoms with E-state index in [4.69, 9.17) is 4.74 Å². The molecule has 0 aliphatic rings. The van der Waals surface area contributed by atoms with Gasteiger partial charge in [-0.2, -0.15) is 0 Å². The van der Waals surface area contributed by atoms with E-state index in [1.165, 1.54) is 0 Å². The maximum Gasteiger partial charge on any atom is 0.315 e. The van der Waals surface area contributed by atoms with E-state index in [2.05, 4.69) is 10.6 Å². The van der Waals surface area contributed by atoms with Crippen LogP contribution in [0.15, 0.2) is 24.3 Å². The first-order chi connectivity index (χ1) is 10.7. The van der Waals surface area contributed by atoms with E-state index in [0.717, 1.165) is 24.2 Å². The zero-order chi connectivity index (χ0) is 17.5. The molecular formula is C18H30N2O3. The van der Waals surface area contributed by atoms with Gasteiger partial charge in [-0.15, -0.1) is 0 Å². The molecule has 0 heterocycles. The van der Waals surface area contributed by atoms with Gasteiger partial charge in [-0.05, 0) is 38.2 Å². The Bertz CT molecular complexity index is 513. The Hall–Kier alpha value is -1.75. The molecule has 1 aromatic rings. The second-order valence-electron chi connectivity index (χ2n) is 7.13. The Kier molecular flexibility index (Phi) is 6.88. The summed E-state index contributed by atoms with van der Waals surface area (Å²) in [4.78, 5) is 12.1. The molecule has 23 heavy (non-hydrogen) atoms. The molecule has 0 bridgehead atoms. The number of ether oxygens (including phenoxy) is 1. The van der Waals surface area contributed by atoms with Gasteiger partial charge in [-0.3, -0.25) is 0 Å². The van der Waals surface area contributed by atoms with Gasteiger partial charge >= 0.3 is 6.03 Å². The van der Waals surface area contributed by atoms with Crippen LogP contribution < -0.4 is 15.4 Å². The molecule has 5 heteroatoms. The SMILES string of the molecule is COc1ccccc1C(C)(C)NC(=O)NCCCC(C)(C)CO. The number of carbonyl (C=O) groups excluding carboxylic acids is 1. The highest BCUT2D eigenvalue weighted by Gasteiger charge is 2.26. The second-order valence-corrected chi connectivity index (χ2v) is 7.13. The summed E-state index contributed by atoms with van der Waals surface area (Å²) in [5.41, 5.74) is 0.287. The molecule has 0 aliphatic carbocycles. The van der Waals surface area contributed by atoms with Crippen LogP contribution in [0, 0.1) is 5.41 Å². The van der Waals surface area contributed by atoms with Crippen molar-refractivity contribution in [2.75, 3.05) is 20.3 Å². The van der Waals surface area contributed by atoms with E-state index < -0.39 is 5.54 Å². The smallest absolute Gasteiger partial charge is 0.315 e. The molecule has 1 rings (SSSR count). The first-order valence-electron chi connectivity index (χ1n) is 8.02. The summed E-state index contributed by atoms with van der Waals surface area (Å²) in [6.45, 7) is 8.64. The number of hydrogen-bond acceptors (Lipinski definition) is 3. The fraction of sp³-hybridized carbons (Fsp3) is 0.611. The maximum absolute atomic E-state index is 12.1. The molecule has 0 saturated carbocycles. The van der Waals surface area contributed by atoms with Crippen LogP contribution in [-0.2, 0) is 5.54 Å². The van der Waals surface area contributed by atoms with Crippen molar-refractivity contribution in [2.45, 2.75) is 46.1 Å². The number of rotatable bonds is 8. The lowest BCUT2D eigenvalue weighted by Gasteiger charge is -2.28. The number of amides is 2. The summed E-state index contributed by atoms with van der Waals surface area (Å²) in [5, 5.41) is 15.1. The van der Waals surface area contributed by atoms with E-state index in [1.54, 1.807) is 7.11 Å². The second kappa shape index (κ2) is 8.20. The molecule has 0 unspecified atom stereocenters. The van der Waals surface area contributed by atoms with E-state index in [1.807, 2.05) is 52.0 Å². The summed E-state index contributed by atoms with van der Waals surface area (Å²) < 4.78 is 5.37. The average molecular weight is 322 g/mol. The van der Waals surface area contributed by atoms with Crippen molar-refractivity contribution in [1.29, 1.82) is 0 Å². The summed E-state index contributed by atoms with van der Waals surface area (Å²) in [7, 11) is 1.62. The molecule has 0 atom stereocenters. The molecule has 0 aromatic heterocycles. The normalized spacial score (nSPS) is 11.9. The minimum absolute atomic E-state index is 0.102. The van der Waals surface area contributed by atoms with Gasteiger partial charge in [0.25, 0.3) is 0 Å². The fourth-order valence-corrected chi connectivity index (χ4v) is 2.40. The van der Waals surface area contributed by atoms with Crippen LogP contribution in [0.4, 0.5) is 4.79 Å². The number of nitrogens with one attached hydrogen (secondary N) is 2. The van der Waals surface area contributed by atoms with E-state index >= 15 is 0 Å². The van der Waals surface area contributed by atoms with Crippen molar-refractivity contribution in [2.24, 2.45) is 5.41 Å². The van der Waals surface area contributed by atoms with Gasteiger partial charge in [0.05, 0.1) is 12.6 Å². The van der Waals surface area contributed by atoms with Gasteiger partial charge in [0.2, 0.25) is 0 Å². The van der Waals surface area contributed by atoms with Gasteiger partial charge in [0, 0.05) is 18.7 Å². The third kappa shape index (κ3) is 6.10. The first kappa shape index (κ1) is 19.3. The lowest BCUT2D eigenvalue weighted by molar-refractivity contribution is 0.148.